The van der Waals surface area contributed by atoms with Gasteiger partial charge in [0.05, 0.1) is 5.02 Å². The van der Waals surface area contributed by atoms with E-state index in [0.717, 1.165) is 23.4 Å². The predicted molar refractivity (Wildman–Crippen MR) is 72.5 cm³/mol. The molecule has 0 amide bonds. The lowest BCUT2D eigenvalue weighted by molar-refractivity contribution is 0.435. The third-order valence-electron chi connectivity index (χ3n) is 3.96. The Morgan fingerprint density at radius 2 is 2.18 bits per heavy atom. The summed E-state index contributed by atoms with van der Waals surface area (Å²) in [4.78, 5) is 0. The topological polar surface area (TPSA) is 17.0 Å². The maximum atomic E-state index is 6.57. The molecule has 1 atom stereocenters. The van der Waals surface area contributed by atoms with Gasteiger partial charge in [0, 0.05) is 29.7 Å². The molecule has 3 heteroatoms. The molecule has 1 fully saturated rings. The number of aromatic nitrogens is 1. The second-order valence-electron chi connectivity index (χ2n) is 5.15. The van der Waals surface area contributed by atoms with E-state index < -0.39 is 0 Å². The van der Waals surface area contributed by atoms with E-state index in [9.17, 15) is 0 Å². The Hall–Kier alpha value is -0.990. The van der Waals surface area contributed by atoms with Crippen molar-refractivity contribution in [3.8, 4) is 0 Å². The van der Waals surface area contributed by atoms with Gasteiger partial charge in [-0.05, 0) is 44.0 Å². The molecule has 0 radical (unpaired) electrons. The number of nitrogens with zero attached hydrogens (tertiary/aromatic N) is 1. The Morgan fingerprint density at radius 1 is 1.35 bits per heavy atom. The fourth-order valence-electron chi connectivity index (χ4n) is 2.87. The van der Waals surface area contributed by atoms with Crippen LogP contribution in [0.4, 0.5) is 0 Å². The van der Waals surface area contributed by atoms with Crippen LogP contribution < -0.4 is 5.32 Å². The van der Waals surface area contributed by atoms with Crippen molar-refractivity contribution in [1.82, 2.24) is 9.88 Å². The molecule has 2 heterocycles. The fourth-order valence-corrected chi connectivity index (χ4v) is 3.30. The zero-order valence-corrected chi connectivity index (χ0v) is 11.0. The van der Waals surface area contributed by atoms with Gasteiger partial charge in [0.25, 0.3) is 0 Å². The van der Waals surface area contributed by atoms with Gasteiger partial charge in [0.15, 0.2) is 0 Å². The first-order chi connectivity index (χ1) is 8.12. The minimum absolute atomic E-state index is 0.0428. The molecule has 0 aliphatic carbocycles. The standard InChI is InChI=1S/C14H17ClN2/c1-14(7-3-8-16-14)11-4-5-12-10(13(11)15)6-9-17(12)2/h4-6,9,16H,3,7-8H2,1-2H3. The Balaban J connectivity index is 2.21. The van der Waals surface area contributed by atoms with E-state index in [-0.39, 0.29) is 5.54 Å². The van der Waals surface area contributed by atoms with Crippen LogP contribution in [0.5, 0.6) is 0 Å². The highest BCUT2D eigenvalue weighted by atomic mass is 35.5. The Bertz CT molecular complexity index is 565. The molecule has 1 saturated heterocycles. The van der Waals surface area contributed by atoms with Crippen LogP contribution in [0.25, 0.3) is 10.9 Å². The van der Waals surface area contributed by atoms with Crippen molar-refractivity contribution in [3.63, 3.8) is 0 Å². The number of fused-ring (bicyclic) bond motifs is 1. The molecule has 1 aliphatic heterocycles. The molecule has 90 valence electrons. The maximum Gasteiger partial charge on any atom is 0.0550 e. The van der Waals surface area contributed by atoms with Crippen molar-refractivity contribution in [3.05, 3.63) is 35.0 Å². The largest absolute Gasteiger partial charge is 0.351 e. The molecule has 0 bridgehead atoms. The second kappa shape index (κ2) is 3.76. The highest BCUT2D eigenvalue weighted by molar-refractivity contribution is 6.36. The molecule has 2 nitrogen and oxygen atoms in total. The van der Waals surface area contributed by atoms with E-state index in [1.54, 1.807) is 0 Å². The summed E-state index contributed by atoms with van der Waals surface area (Å²) in [5, 5.41) is 5.63. The Kier molecular flexibility index (Phi) is 2.46. The molecule has 0 saturated carbocycles. The Morgan fingerprint density at radius 3 is 2.88 bits per heavy atom. The normalized spacial score (nSPS) is 24.6. The average molecular weight is 249 g/mol. The van der Waals surface area contributed by atoms with Gasteiger partial charge in [0.2, 0.25) is 0 Å². The summed E-state index contributed by atoms with van der Waals surface area (Å²) in [5.41, 5.74) is 2.47. The van der Waals surface area contributed by atoms with Crippen molar-refractivity contribution >= 4 is 22.5 Å². The number of hydrogen-bond donors (Lipinski definition) is 1. The third-order valence-corrected chi connectivity index (χ3v) is 4.37. The first-order valence-electron chi connectivity index (χ1n) is 6.11. The van der Waals surface area contributed by atoms with Crippen molar-refractivity contribution in [2.75, 3.05) is 6.54 Å². The lowest BCUT2D eigenvalue weighted by Crippen LogP contribution is -2.33. The maximum absolute atomic E-state index is 6.57. The summed E-state index contributed by atoms with van der Waals surface area (Å²) in [5.74, 6) is 0. The number of halogens is 1. The van der Waals surface area contributed by atoms with Crippen LogP contribution in [0.1, 0.15) is 25.3 Å². The second-order valence-corrected chi connectivity index (χ2v) is 5.53. The minimum atomic E-state index is 0.0428. The van der Waals surface area contributed by atoms with Crippen molar-refractivity contribution in [2.24, 2.45) is 7.05 Å². The van der Waals surface area contributed by atoms with Crippen LogP contribution in [0.15, 0.2) is 24.4 Å². The van der Waals surface area contributed by atoms with Crippen LogP contribution >= 0.6 is 11.6 Å². The summed E-state index contributed by atoms with van der Waals surface area (Å²) < 4.78 is 2.11. The number of hydrogen-bond acceptors (Lipinski definition) is 1. The summed E-state index contributed by atoms with van der Waals surface area (Å²) >= 11 is 6.57. The van der Waals surface area contributed by atoms with E-state index in [4.69, 9.17) is 11.6 Å². The van der Waals surface area contributed by atoms with Crippen molar-refractivity contribution in [2.45, 2.75) is 25.3 Å². The van der Waals surface area contributed by atoms with Crippen LogP contribution in [0.2, 0.25) is 5.02 Å². The zero-order valence-electron chi connectivity index (χ0n) is 10.3. The molecule has 17 heavy (non-hydrogen) atoms. The first kappa shape index (κ1) is 11.1. The molecule has 1 aromatic heterocycles. The molecular weight excluding hydrogens is 232 g/mol. The molecular formula is C14H17ClN2. The van der Waals surface area contributed by atoms with Gasteiger partial charge in [-0.25, -0.2) is 0 Å². The van der Waals surface area contributed by atoms with Crippen LogP contribution in [-0.4, -0.2) is 11.1 Å². The fraction of sp³-hybridized carbons (Fsp3) is 0.429. The smallest absolute Gasteiger partial charge is 0.0550 e. The summed E-state index contributed by atoms with van der Waals surface area (Å²) in [6, 6.07) is 6.43. The van der Waals surface area contributed by atoms with Crippen molar-refractivity contribution < 1.29 is 0 Å². The zero-order chi connectivity index (χ0) is 12.0. The van der Waals surface area contributed by atoms with Gasteiger partial charge < -0.3 is 9.88 Å². The molecule has 2 aromatic rings. The molecule has 1 unspecified atom stereocenters. The van der Waals surface area contributed by atoms with Crippen LogP contribution in [0, 0.1) is 0 Å². The van der Waals surface area contributed by atoms with E-state index in [1.807, 2.05) is 7.05 Å². The SMILES string of the molecule is Cn1ccc2c(Cl)c(C3(C)CCCN3)ccc21. The minimum Gasteiger partial charge on any atom is -0.351 e. The van der Waals surface area contributed by atoms with E-state index in [1.165, 1.54) is 17.5 Å². The highest BCUT2D eigenvalue weighted by Gasteiger charge is 2.32. The van der Waals surface area contributed by atoms with Crippen LogP contribution in [0.3, 0.4) is 0 Å². The van der Waals surface area contributed by atoms with Gasteiger partial charge in [-0.1, -0.05) is 17.7 Å². The van der Waals surface area contributed by atoms with Crippen molar-refractivity contribution in [1.29, 1.82) is 0 Å². The summed E-state index contributed by atoms with van der Waals surface area (Å²) in [6.45, 7) is 3.33. The number of benzene rings is 1. The van der Waals surface area contributed by atoms with E-state index in [2.05, 4.69) is 41.2 Å². The molecule has 1 aromatic carbocycles. The lowest BCUT2D eigenvalue weighted by atomic mass is 9.90. The first-order valence-corrected chi connectivity index (χ1v) is 6.49. The van der Waals surface area contributed by atoms with Crippen LogP contribution in [-0.2, 0) is 12.6 Å². The summed E-state index contributed by atoms with van der Waals surface area (Å²) in [6.07, 6.45) is 4.44. The number of aryl methyl sites for hydroxylation is 1. The van der Waals surface area contributed by atoms with Gasteiger partial charge in [-0.3, -0.25) is 0 Å². The third kappa shape index (κ3) is 1.59. The van der Waals surface area contributed by atoms with Gasteiger partial charge in [0.1, 0.15) is 0 Å². The summed E-state index contributed by atoms with van der Waals surface area (Å²) in [7, 11) is 2.05. The lowest BCUT2D eigenvalue weighted by Gasteiger charge is -2.26. The molecule has 3 rings (SSSR count). The average Bonchev–Trinajstić information content (AvgIpc) is 2.88. The monoisotopic (exact) mass is 248 g/mol. The van der Waals surface area contributed by atoms with E-state index >= 15 is 0 Å². The van der Waals surface area contributed by atoms with Gasteiger partial charge in [-0.2, -0.15) is 0 Å². The van der Waals surface area contributed by atoms with E-state index in [0.29, 0.717) is 0 Å². The number of rotatable bonds is 1. The highest BCUT2D eigenvalue weighted by Crippen LogP contribution is 2.38. The predicted octanol–water partition coefficient (Wildman–Crippen LogP) is 3.43. The Labute approximate surface area is 107 Å². The quantitative estimate of drug-likeness (QED) is 0.818. The van der Waals surface area contributed by atoms with Gasteiger partial charge in [-0.15, -0.1) is 0 Å². The van der Waals surface area contributed by atoms with Gasteiger partial charge >= 0.3 is 0 Å². The molecule has 1 aliphatic rings. The molecule has 1 N–H and O–H groups in total. The number of nitrogens with one attached hydrogen (secondary N) is 1. The molecule has 0 spiro atoms.